The van der Waals surface area contributed by atoms with Crippen LogP contribution in [0.3, 0.4) is 0 Å². The minimum absolute atomic E-state index is 0.291. The molecule has 0 radical (unpaired) electrons. The van der Waals surface area contributed by atoms with E-state index in [1.54, 1.807) is 33.1 Å². The number of methoxy groups -OCH3 is 1. The van der Waals surface area contributed by atoms with E-state index in [1.807, 2.05) is 19.1 Å². The monoisotopic (exact) mass is 307 g/mol. The molecule has 1 amide bonds. The molecule has 5 nitrogen and oxygen atoms in total. The molecule has 1 unspecified atom stereocenters. The second kappa shape index (κ2) is 7.82. The predicted octanol–water partition coefficient (Wildman–Crippen LogP) is 2.73. The van der Waals surface area contributed by atoms with Gasteiger partial charge >= 0.3 is 5.97 Å². The van der Waals surface area contributed by atoms with Gasteiger partial charge < -0.3 is 15.2 Å². The van der Waals surface area contributed by atoms with Crippen LogP contribution in [0.5, 0.6) is 5.75 Å². The number of carboxylic acid groups (broad SMARTS) is 1. The van der Waals surface area contributed by atoms with Gasteiger partial charge in [-0.2, -0.15) is 0 Å². The molecular weight excluding hydrogens is 282 g/mol. The van der Waals surface area contributed by atoms with E-state index in [4.69, 9.17) is 4.74 Å². The van der Waals surface area contributed by atoms with Crippen molar-refractivity contribution in [3.8, 4) is 5.75 Å². The fourth-order valence-electron chi connectivity index (χ4n) is 2.14. The molecule has 1 aromatic carbocycles. The lowest BCUT2D eigenvalue weighted by Gasteiger charge is -2.26. The van der Waals surface area contributed by atoms with E-state index in [0.717, 1.165) is 18.4 Å². The van der Waals surface area contributed by atoms with Gasteiger partial charge in [0.2, 0.25) is 5.91 Å². The number of hydrogen-bond acceptors (Lipinski definition) is 3. The number of ether oxygens (including phenoxy) is 1. The Morgan fingerprint density at radius 2 is 1.86 bits per heavy atom. The second-order valence-electron chi connectivity index (χ2n) is 5.86. The number of aliphatic carboxylic acids is 1. The number of carbonyl (C=O) groups is 2. The van der Waals surface area contributed by atoms with Gasteiger partial charge in [0.1, 0.15) is 11.8 Å². The first-order valence-corrected chi connectivity index (χ1v) is 7.51. The fourth-order valence-corrected chi connectivity index (χ4v) is 2.14. The zero-order chi connectivity index (χ0) is 16.8. The number of rotatable bonds is 8. The molecular formula is C17H25NO4. The van der Waals surface area contributed by atoms with Crippen LogP contribution in [0.4, 0.5) is 0 Å². The Morgan fingerprint density at radius 1 is 1.27 bits per heavy atom. The molecule has 0 fully saturated rings. The summed E-state index contributed by atoms with van der Waals surface area (Å²) < 4.78 is 5.10. The molecule has 0 saturated carbocycles. The number of benzene rings is 1. The number of carboxylic acids is 1. The molecule has 0 spiro atoms. The maximum Gasteiger partial charge on any atom is 0.326 e. The van der Waals surface area contributed by atoms with Crippen LogP contribution in [0.1, 0.15) is 45.6 Å². The summed E-state index contributed by atoms with van der Waals surface area (Å²) in [6, 6.07) is 6.37. The topological polar surface area (TPSA) is 75.6 Å². The summed E-state index contributed by atoms with van der Waals surface area (Å²) in [6.45, 7) is 5.55. The Balaban J connectivity index is 2.85. The predicted molar refractivity (Wildman–Crippen MR) is 85.1 cm³/mol. The second-order valence-corrected chi connectivity index (χ2v) is 5.86. The Bertz CT molecular complexity index is 508. The molecule has 1 atom stereocenters. The smallest absolute Gasteiger partial charge is 0.326 e. The van der Waals surface area contributed by atoms with Crippen LogP contribution in [0.2, 0.25) is 0 Å². The van der Waals surface area contributed by atoms with E-state index < -0.39 is 17.4 Å². The van der Waals surface area contributed by atoms with Crippen LogP contribution >= 0.6 is 0 Å². The fraction of sp³-hybridized carbons (Fsp3) is 0.529. The van der Waals surface area contributed by atoms with Crippen molar-refractivity contribution in [3.63, 3.8) is 0 Å². The van der Waals surface area contributed by atoms with Gasteiger partial charge in [-0.05, 0) is 38.0 Å². The third-order valence-corrected chi connectivity index (χ3v) is 3.83. The lowest BCUT2D eigenvalue weighted by Crippen LogP contribution is -2.48. The van der Waals surface area contributed by atoms with Crippen molar-refractivity contribution < 1.29 is 19.4 Å². The number of amides is 1. The van der Waals surface area contributed by atoms with Gasteiger partial charge in [-0.1, -0.05) is 31.9 Å². The van der Waals surface area contributed by atoms with E-state index >= 15 is 0 Å². The zero-order valence-corrected chi connectivity index (χ0v) is 13.7. The van der Waals surface area contributed by atoms with E-state index in [2.05, 4.69) is 5.32 Å². The van der Waals surface area contributed by atoms with Crippen LogP contribution in [-0.4, -0.2) is 30.1 Å². The van der Waals surface area contributed by atoms with Crippen molar-refractivity contribution in [3.05, 3.63) is 29.8 Å². The Kier molecular flexibility index (Phi) is 6.40. The van der Waals surface area contributed by atoms with Crippen molar-refractivity contribution in [1.82, 2.24) is 5.32 Å². The molecule has 0 aliphatic rings. The van der Waals surface area contributed by atoms with Crippen molar-refractivity contribution in [2.75, 3.05) is 7.11 Å². The normalized spacial score (nSPS) is 12.5. The van der Waals surface area contributed by atoms with Crippen molar-refractivity contribution in [2.45, 2.75) is 51.5 Å². The van der Waals surface area contributed by atoms with Crippen LogP contribution in [0.25, 0.3) is 0 Å². The van der Waals surface area contributed by atoms with Gasteiger partial charge in [-0.3, -0.25) is 4.79 Å². The zero-order valence-electron chi connectivity index (χ0n) is 13.7. The van der Waals surface area contributed by atoms with Gasteiger partial charge in [-0.25, -0.2) is 4.79 Å². The summed E-state index contributed by atoms with van der Waals surface area (Å²) in [5.41, 5.74) is -0.00272. The van der Waals surface area contributed by atoms with Crippen LogP contribution in [-0.2, 0) is 15.0 Å². The quantitative estimate of drug-likeness (QED) is 0.774. The average Bonchev–Trinajstić information content (AvgIpc) is 2.50. The lowest BCUT2D eigenvalue weighted by atomic mass is 9.83. The molecule has 22 heavy (non-hydrogen) atoms. The molecule has 0 aromatic heterocycles. The van der Waals surface area contributed by atoms with Gasteiger partial charge in [0, 0.05) is 0 Å². The maximum absolute atomic E-state index is 12.5. The highest BCUT2D eigenvalue weighted by Crippen LogP contribution is 2.25. The standard InChI is InChI=1S/C17H25NO4/c1-5-6-7-14(15(19)20)18-16(21)17(2,3)12-8-10-13(22-4)11-9-12/h8-11,14H,5-7H2,1-4H3,(H,18,21)(H,19,20). The third-order valence-electron chi connectivity index (χ3n) is 3.83. The minimum Gasteiger partial charge on any atom is -0.497 e. The third kappa shape index (κ3) is 4.48. The van der Waals surface area contributed by atoms with E-state index in [0.29, 0.717) is 12.2 Å². The first-order valence-electron chi connectivity index (χ1n) is 7.51. The molecule has 0 bridgehead atoms. The summed E-state index contributed by atoms with van der Waals surface area (Å²) in [4.78, 5) is 23.7. The molecule has 0 heterocycles. The largest absolute Gasteiger partial charge is 0.497 e. The summed E-state index contributed by atoms with van der Waals surface area (Å²) in [7, 11) is 1.58. The van der Waals surface area contributed by atoms with E-state index in [-0.39, 0.29) is 5.91 Å². The maximum atomic E-state index is 12.5. The minimum atomic E-state index is -0.993. The summed E-state index contributed by atoms with van der Waals surface area (Å²) in [5.74, 6) is -0.570. The number of hydrogen-bond donors (Lipinski definition) is 2. The summed E-state index contributed by atoms with van der Waals surface area (Å²) >= 11 is 0. The van der Waals surface area contributed by atoms with Gasteiger partial charge in [-0.15, -0.1) is 0 Å². The van der Waals surface area contributed by atoms with Crippen molar-refractivity contribution in [2.24, 2.45) is 0 Å². The number of carbonyl (C=O) groups excluding carboxylic acids is 1. The lowest BCUT2D eigenvalue weighted by molar-refractivity contribution is -0.142. The molecule has 0 saturated heterocycles. The highest BCUT2D eigenvalue weighted by molar-refractivity contribution is 5.90. The molecule has 122 valence electrons. The SMILES string of the molecule is CCCCC(NC(=O)C(C)(C)c1ccc(OC)cc1)C(=O)O. The number of nitrogens with one attached hydrogen (secondary N) is 1. The highest BCUT2D eigenvalue weighted by Gasteiger charge is 2.32. The molecule has 0 aliphatic carbocycles. The Labute approximate surface area is 131 Å². The van der Waals surface area contributed by atoms with Crippen LogP contribution < -0.4 is 10.1 Å². The van der Waals surface area contributed by atoms with E-state index in [9.17, 15) is 14.7 Å². The summed E-state index contributed by atoms with van der Waals surface area (Å²) in [5, 5.41) is 11.9. The average molecular weight is 307 g/mol. The van der Waals surface area contributed by atoms with Crippen LogP contribution in [0, 0.1) is 0 Å². The van der Waals surface area contributed by atoms with Gasteiger partial charge in [0.25, 0.3) is 0 Å². The molecule has 1 aromatic rings. The molecule has 2 N–H and O–H groups in total. The molecule has 5 heteroatoms. The van der Waals surface area contributed by atoms with Gasteiger partial charge in [0.15, 0.2) is 0 Å². The molecule has 1 rings (SSSR count). The first kappa shape index (κ1) is 18.0. The Morgan fingerprint density at radius 3 is 2.32 bits per heavy atom. The Hall–Kier alpha value is -2.04. The van der Waals surface area contributed by atoms with Crippen molar-refractivity contribution >= 4 is 11.9 Å². The van der Waals surface area contributed by atoms with E-state index in [1.165, 1.54) is 0 Å². The van der Waals surface area contributed by atoms with Crippen LogP contribution in [0.15, 0.2) is 24.3 Å². The van der Waals surface area contributed by atoms with Crippen molar-refractivity contribution in [1.29, 1.82) is 0 Å². The number of unbranched alkanes of at least 4 members (excludes halogenated alkanes) is 1. The highest BCUT2D eigenvalue weighted by atomic mass is 16.5. The summed E-state index contributed by atoms with van der Waals surface area (Å²) in [6.07, 6.45) is 2.10. The molecule has 0 aliphatic heterocycles. The first-order chi connectivity index (χ1) is 10.3. The van der Waals surface area contributed by atoms with Gasteiger partial charge in [0.05, 0.1) is 12.5 Å².